The number of amides is 2. The maximum absolute atomic E-state index is 13.3. The van der Waals surface area contributed by atoms with Crippen LogP contribution in [0.4, 0.5) is 20.6 Å². The van der Waals surface area contributed by atoms with E-state index in [1.54, 1.807) is 19.1 Å². The van der Waals surface area contributed by atoms with Crippen LogP contribution in [0.15, 0.2) is 30.6 Å². The van der Waals surface area contributed by atoms with Gasteiger partial charge in [0.15, 0.2) is 0 Å². The number of urea groups is 1. The number of aromatic nitrogens is 1. The van der Waals surface area contributed by atoms with Crippen LogP contribution >= 0.6 is 0 Å². The molecule has 2 N–H and O–H groups in total. The number of carbonyl (C=O) groups excluding carboxylic acids is 1. The minimum atomic E-state index is -0.267. The van der Waals surface area contributed by atoms with Gasteiger partial charge < -0.3 is 15.5 Å². The fourth-order valence-corrected chi connectivity index (χ4v) is 3.28. The molecule has 0 spiro atoms. The van der Waals surface area contributed by atoms with Crippen molar-refractivity contribution in [2.24, 2.45) is 0 Å². The van der Waals surface area contributed by atoms with Crippen LogP contribution < -0.4 is 10.6 Å². The van der Waals surface area contributed by atoms with E-state index < -0.39 is 0 Å². The zero-order valence-electron chi connectivity index (χ0n) is 15.5. The molecule has 3 rings (SSSR count). The quantitative estimate of drug-likeness (QED) is 0.864. The Bertz CT molecular complexity index is 780. The van der Waals surface area contributed by atoms with Crippen LogP contribution in [0.2, 0.25) is 0 Å². The fraction of sp³-hybridized carbons (Fsp3) is 0.400. The van der Waals surface area contributed by atoms with E-state index in [1.165, 1.54) is 6.07 Å². The Balaban J connectivity index is 1.54. The maximum atomic E-state index is 13.3. The SMILES string of the molecule is Cc1cc(NC(=O)N2CCC(Nc3c(C)cncc3C)CC2)ccc1F. The van der Waals surface area contributed by atoms with Crippen LogP contribution in [0.3, 0.4) is 0 Å². The highest BCUT2D eigenvalue weighted by atomic mass is 19.1. The van der Waals surface area contributed by atoms with E-state index in [0.29, 0.717) is 30.4 Å². The van der Waals surface area contributed by atoms with Crippen LogP contribution in [-0.2, 0) is 0 Å². The summed E-state index contributed by atoms with van der Waals surface area (Å²) in [6.07, 6.45) is 5.50. The summed E-state index contributed by atoms with van der Waals surface area (Å²) in [4.78, 5) is 18.4. The number of rotatable bonds is 3. The lowest BCUT2D eigenvalue weighted by atomic mass is 10.0. The van der Waals surface area contributed by atoms with Crippen molar-refractivity contribution in [3.8, 4) is 0 Å². The molecular formula is C20H25FN4O. The molecular weight excluding hydrogens is 331 g/mol. The van der Waals surface area contributed by atoms with Crippen LogP contribution in [0.1, 0.15) is 29.5 Å². The third-order valence-electron chi connectivity index (χ3n) is 4.86. The number of halogens is 1. The molecule has 1 saturated heterocycles. The molecule has 1 aromatic heterocycles. The Kier molecular flexibility index (Phi) is 5.40. The number of piperidine rings is 1. The number of nitrogens with one attached hydrogen (secondary N) is 2. The van der Waals surface area contributed by atoms with Gasteiger partial charge in [-0.25, -0.2) is 9.18 Å². The van der Waals surface area contributed by atoms with Gasteiger partial charge in [0.25, 0.3) is 0 Å². The minimum absolute atomic E-state index is 0.134. The molecule has 0 bridgehead atoms. The van der Waals surface area contributed by atoms with Gasteiger partial charge in [0.2, 0.25) is 0 Å². The summed E-state index contributed by atoms with van der Waals surface area (Å²) in [7, 11) is 0. The third kappa shape index (κ3) is 4.12. The van der Waals surface area contributed by atoms with Gasteiger partial charge in [0.1, 0.15) is 5.82 Å². The van der Waals surface area contributed by atoms with Gasteiger partial charge in [-0.3, -0.25) is 4.98 Å². The highest BCUT2D eigenvalue weighted by molar-refractivity contribution is 5.89. The normalized spacial score (nSPS) is 15.0. The minimum Gasteiger partial charge on any atom is -0.382 e. The summed E-state index contributed by atoms with van der Waals surface area (Å²) in [5, 5.41) is 6.45. The number of aryl methyl sites for hydroxylation is 3. The number of hydrogen-bond donors (Lipinski definition) is 2. The number of likely N-dealkylation sites (tertiary alicyclic amines) is 1. The van der Waals surface area contributed by atoms with Gasteiger partial charge in [-0.1, -0.05) is 0 Å². The standard InChI is InChI=1S/C20H25FN4O/c1-13-10-17(4-5-18(13)21)24-20(26)25-8-6-16(7-9-25)23-19-14(2)11-22-12-15(19)3/h4-5,10-12,16H,6-9H2,1-3H3,(H,22,23)(H,24,26). The first-order valence-electron chi connectivity index (χ1n) is 8.94. The molecule has 0 aliphatic carbocycles. The molecule has 2 amide bonds. The van der Waals surface area contributed by atoms with Crippen molar-refractivity contribution in [3.63, 3.8) is 0 Å². The molecule has 5 nitrogen and oxygen atoms in total. The van der Waals surface area contributed by atoms with E-state index in [9.17, 15) is 9.18 Å². The Labute approximate surface area is 153 Å². The predicted octanol–water partition coefficient (Wildman–Crippen LogP) is 4.25. The van der Waals surface area contributed by atoms with Crippen molar-refractivity contribution in [1.29, 1.82) is 0 Å². The second-order valence-corrected chi connectivity index (χ2v) is 6.95. The third-order valence-corrected chi connectivity index (χ3v) is 4.86. The summed E-state index contributed by atoms with van der Waals surface area (Å²) in [5.41, 5.74) is 4.56. The molecule has 1 fully saturated rings. The highest BCUT2D eigenvalue weighted by Crippen LogP contribution is 2.23. The summed E-state index contributed by atoms with van der Waals surface area (Å²) in [6, 6.07) is 4.82. The zero-order chi connectivity index (χ0) is 18.7. The molecule has 0 saturated carbocycles. The average molecular weight is 356 g/mol. The van der Waals surface area contributed by atoms with Gasteiger partial charge in [-0.2, -0.15) is 0 Å². The number of pyridine rings is 1. The smallest absolute Gasteiger partial charge is 0.321 e. The molecule has 1 aromatic carbocycles. The van der Waals surface area contributed by atoms with E-state index in [-0.39, 0.29) is 11.8 Å². The summed E-state index contributed by atoms with van der Waals surface area (Å²) < 4.78 is 13.3. The molecule has 0 radical (unpaired) electrons. The van der Waals surface area contributed by atoms with Gasteiger partial charge in [0.05, 0.1) is 0 Å². The molecule has 138 valence electrons. The lowest BCUT2D eigenvalue weighted by Crippen LogP contribution is -2.44. The van der Waals surface area contributed by atoms with E-state index in [2.05, 4.69) is 29.5 Å². The van der Waals surface area contributed by atoms with Gasteiger partial charge in [-0.05, 0) is 68.5 Å². The van der Waals surface area contributed by atoms with Crippen molar-refractivity contribution in [2.75, 3.05) is 23.7 Å². The summed E-state index contributed by atoms with van der Waals surface area (Å²) in [6.45, 7) is 7.16. The fourth-order valence-electron chi connectivity index (χ4n) is 3.28. The molecule has 6 heteroatoms. The summed E-state index contributed by atoms with van der Waals surface area (Å²) >= 11 is 0. The Morgan fingerprint density at radius 2 is 1.77 bits per heavy atom. The van der Waals surface area contributed by atoms with E-state index in [1.807, 2.05) is 17.3 Å². The van der Waals surface area contributed by atoms with Crippen molar-refractivity contribution < 1.29 is 9.18 Å². The van der Waals surface area contributed by atoms with Crippen molar-refractivity contribution in [1.82, 2.24) is 9.88 Å². The van der Waals surface area contributed by atoms with Crippen molar-refractivity contribution in [3.05, 3.63) is 53.1 Å². The molecule has 0 unspecified atom stereocenters. The van der Waals surface area contributed by atoms with Crippen molar-refractivity contribution >= 4 is 17.4 Å². The first-order chi connectivity index (χ1) is 12.4. The van der Waals surface area contributed by atoms with E-state index in [4.69, 9.17) is 0 Å². The lowest BCUT2D eigenvalue weighted by Gasteiger charge is -2.33. The highest BCUT2D eigenvalue weighted by Gasteiger charge is 2.23. The number of benzene rings is 1. The lowest BCUT2D eigenvalue weighted by molar-refractivity contribution is 0.197. The second kappa shape index (κ2) is 7.72. The summed E-state index contributed by atoms with van der Waals surface area (Å²) in [5.74, 6) is -0.267. The Morgan fingerprint density at radius 1 is 1.12 bits per heavy atom. The molecule has 0 atom stereocenters. The maximum Gasteiger partial charge on any atom is 0.321 e. The molecule has 2 heterocycles. The second-order valence-electron chi connectivity index (χ2n) is 6.95. The number of carbonyl (C=O) groups is 1. The van der Waals surface area contributed by atoms with Gasteiger partial charge >= 0.3 is 6.03 Å². The Morgan fingerprint density at radius 3 is 2.38 bits per heavy atom. The molecule has 26 heavy (non-hydrogen) atoms. The topological polar surface area (TPSA) is 57.3 Å². The van der Waals surface area contributed by atoms with Crippen LogP contribution in [0.5, 0.6) is 0 Å². The van der Waals surface area contributed by atoms with Gasteiger partial charge in [0, 0.05) is 42.9 Å². The monoisotopic (exact) mass is 356 g/mol. The number of anilines is 2. The molecule has 1 aliphatic heterocycles. The van der Waals surface area contributed by atoms with Crippen LogP contribution in [-0.4, -0.2) is 35.0 Å². The largest absolute Gasteiger partial charge is 0.382 e. The first-order valence-corrected chi connectivity index (χ1v) is 8.94. The molecule has 2 aromatic rings. The zero-order valence-corrected chi connectivity index (χ0v) is 15.5. The Hall–Kier alpha value is -2.63. The van der Waals surface area contributed by atoms with Crippen LogP contribution in [0.25, 0.3) is 0 Å². The van der Waals surface area contributed by atoms with Crippen LogP contribution in [0, 0.1) is 26.6 Å². The first kappa shape index (κ1) is 18.2. The van der Waals surface area contributed by atoms with E-state index in [0.717, 1.165) is 29.7 Å². The predicted molar refractivity (Wildman–Crippen MR) is 102 cm³/mol. The number of hydrogen-bond acceptors (Lipinski definition) is 3. The average Bonchev–Trinajstić information content (AvgIpc) is 2.62. The van der Waals surface area contributed by atoms with Crippen molar-refractivity contribution in [2.45, 2.75) is 39.7 Å². The molecule has 1 aliphatic rings. The number of nitrogens with zero attached hydrogens (tertiary/aromatic N) is 2. The van der Waals surface area contributed by atoms with Gasteiger partial charge in [-0.15, -0.1) is 0 Å². The van der Waals surface area contributed by atoms with E-state index >= 15 is 0 Å².